The Bertz CT molecular complexity index is 397. The van der Waals surface area contributed by atoms with E-state index in [1.54, 1.807) is 0 Å². The van der Waals surface area contributed by atoms with E-state index in [1.165, 1.54) is 37.0 Å². The van der Waals surface area contributed by atoms with Crippen molar-refractivity contribution in [1.82, 2.24) is 0 Å². The molecule has 0 bridgehead atoms. The first-order valence-corrected chi connectivity index (χ1v) is 6.56. The molecule has 1 fully saturated rings. The number of hydrogen-bond acceptors (Lipinski definition) is 4. The maximum absolute atomic E-state index is 8.82. The van der Waals surface area contributed by atoms with Crippen LogP contribution < -0.4 is 11.1 Å². The molecule has 4 heteroatoms. The summed E-state index contributed by atoms with van der Waals surface area (Å²) in [4.78, 5) is 0.617. The van der Waals surface area contributed by atoms with Gasteiger partial charge in [-0.2, -0.15) is 5.26 Å². The molecular formula is C12H17N3S. The first kappa shape index (κ1) is 11.3. The lowest BCUT2D eigenvalue weighted by molar-refractivity contribution is 0.361. The van der Waals surface area contributed by atoms with Gasteiger partial charge in [0.2, 0.25) is 0 Å². The van der Waals surface area contributed by atoms with Crippen LogP contribution in [0.1, 0.15) is 37.5 Å². The summed E-state index contributed by atoms with van der Waals surface area (Å²) in [5, 5.41) is 13.3. The first-order valence-electron chi connectivity index (χ1n) is 5.75. The Morgan fingerprint density at radius 2 is 2.12 bits per heavy atom. The molecule has 0 saturated heterocycles. The SMILES string of the molecule is CC1CCC(Nc2cc(N)c(C#N)s2)CC1. The minimum atomic E-state index is 0.556. The summed E-state index contributed by atoms with van der Waals surface area (Å²) in [6.07, 6.45) is 5.04. The predicted octanol–water partition coefficient (Wildman–Crippen LogP) is 3.19. The predicted molar refractivity (Wildman–Crippen MR) is 68.5 cm³/mol. The molecule has 86 valence electrons. The topological polar surface area (TPSA) is 61.8 Å². The normalized spacial score (nSPS) is 25.0. The van der Waals surface area contributed by atoms with E-state index in [9.17, 15) is 0 Å². The summed E-state index contributed by atoms with van der Waals surface area (Å²) in [5.41, 5.74) is 6.32. The number of nitrogens with two attached hydrogens (primary N) is 1. The fourth-order valence-electron chi connectivity index (χ4n) is 2.17. The summed E-state index contributed by atoms with van der Waals surface area (Å²) in [6, 6.07) is 4.55. The molecule has 16 heavy (non-hydrogen) atoms. The number of nitrogens with zero attached hydrogens (tertiary/aromatic N) is 1. The molecule has 0 amide bonds. The van der Waals surface area contributed by atoms with Crippen molar-refractivity contribution in [3.05, 3.63) is 10.9 Å². The zero-order valence-corrected chi connectivity index (χ0v) is 10.3. The molecule has 1 aliphatic rings. The highest BCUT2D eigenvalue weighted by molar-refractivity contribution is 7.17. The van der Waals surface area contributed by atoms with Gasteiger partial charge in [-0.05, 0) is 37.7 Å². The molecule has 0 atom stereocenters. The fourth-order valence-corrected chi connectivity index (χ4v) is 3.02. The summed E-state index contributed by atoms with van der Waals surface area (Å²) in [6.45, 7) is 2.31. The lowest BCUT2D eigenvalue weighted by atomic mass is 9.87. The molecule has 1 saturated carbocycles. The minimum absolute atomic E-state index is 0.556. The number of nitriles is 1. The number of anilines is 2. The average Bonchev–Trinajstić information content (AvgIpc) is 2.62. The van der Waals surface area contributed by atoms with E-state index in [4.69, 9.17) is 11.0 Å². The highest BCUT2D eigenvalue weighted by Gasteiger charge is 2.18. The van der Waals surface area contributed by atoms with Crippen molar-refractivity contribution in [2.75, 3.05) is 11.1 Å². The maximum Gasteiger partial charge on any atom is 0.129 e. The average molecular weight is 235 g/mol. The van der Waals surface area contributed by atoms with E-state index in [-0.39, 0.29) is 0 Å². The Labute approximate surface area is 100 Å². The van der Waals surface area contributed by atoms with Gasteiger partial charge in [0.25, 0.3) is 0 Å². The third kappa shape index (κ3) is 2.48. The second-order valence-electron chi connectivity index (χ2n) is 4.61. The van der Waals surface area contributed by atoms with Crippen molar-refractivity contribution in [3.8, 4) is 6.07 Å². The lowest BCUT2D eigenvalue weighted by Gasteiger charge is -2.27. The van der Waals surface area contributed by atoms with E-state index < -0.39 is 0 Å². The Morgan fingerprint density at radius 1 is 1.44 bits per heavy atom. The van der Waals surface area contributed by atoms with E-state index >= 15 is 0 Å². The number of thiophene rings is 1. The van der Waals surface area contributed by atoms with Crippen LogP contribution in [0.15, 0.2) is 6.07 Å². The molecule has 0 aromatic carbocycles. The smallest absolute Gasteiger partial charge is 0.129 e. The zero-order chi connectivity index (χ0) is 11.5. The fraction of sp³-hybridized carbons (Fsp3) is 0.583. The van der Waals surface area contributed by atoms with Crippen molar-refractivity contribution >= 4 is 22.0 Å². The van der Waals surface area contributed by atoms with Crippen LogP contribution in [0, 0.1) is 17.2 Å². The second-order valence-corrected chi connectivity index (χ2v) is 5.66. The number of hydrogen-bond donors (Lipinski definition) is 2. The highest BCUT2D eigenvalue weighted by Crippen LogP contribution is 2.32. The van der Waals surface area contributed by atoms with E-state index in [1.807, 2.05) is 6.07 Å². The molecular weight excluding hydrogens is 218 g/mol. The van der Waals surface area contributed by atoms with Crippen LogP contribution in [0.3, 0.4) is 0 Å². The zero-order valence-electron chi connectivity index (χ0n) is 9.49. The van der Waals surface area contributed by atoms with Crippen LogP contribution >= 0.6 is 11.3 Å². The van der Waals surface area contributed by atoms with Crippen LogP contribution in [0.5, 0.6) is 0 Å². The van der Waals surface area contributed by atoms with Crippen molar-refractivity contribution in [2.24, 2.45) is 5.92 Å². The van der Waals surface area contributed by atoms with Crippen LogP contribution in [0.25, 0.3) is 0 Å². The lowest BCUT2D eigenvalue weighted by Crippen LogP contribution is -2.24. The Kier molecular flexibility index (Phi) is 3.35. The number of nitrogens with one attached hydrogen (secondary N) is 1. The standard InChI is InChI=1S/C12H17N3S/c1-8-2-4-9(5-3-8)15-12-6-10(14)11(7-13)16-12/h6,8-9,15H,2-5,14H2,1H3. The van der Waals surface area contributed by atoms with Gasteiger partial charge in [-0.25, -0.2) is 0 Å². The number of nitrogen functional groups attached to an aromatic ring is 1. The van der Waals surface area contributed by atoms with Crippen LogP contribution in [0.4, 0.5) is 10.7 Å². The maximum atomic E-state index is 8.82. The van der Waals surface area contributed by atoms with Crippen LogP contribution in [0.2, 0.25) is 0 Å². The molecule has 0 aliphatic heterocycles. The van der Waals surface area contributed by atoms with Gasteiger partial charge < -0.3 is 11.1 Å². The molecule has 0 spiro atoms. The van der Waals surface area contributed by atoms with Gasteiger partial charge in [0.05, 0.1) is 10.7 Å². The molecule has 0 unspecified atom stereocenters. The molecule has 1 aliphatic carbocycles. The Hall–Kier alpha value is -1.21. The molecule has 1 aromatic heterocycles. The summed E-state index contributed by atoms with van der Waals surface area (Å²) in [7, 11) is 0. The molecule has 3 nitrogen and oxygen atoms in total. The van der Waals surface area contributed by atoms with Crippen LogP contribution in [-0.4, -0.2) is 6.04 Å². The van der Waals surface area contributed by atoms with Gasteiger partial charge in [0.1, 0.15) is 10.9 Å². The van der Waals surface area contributed by atoms with Crippen LogP contribution in [-0.2, 0) is 0 Å². The van der Waals surface area contributed by atoms with Gasteiger partial charge in [-0.15, -0.1) is 11.3 Å². The molecule has 0 radical (unpaired) electrons. The summed E-state index contributed by atoms with van der Waals surface area (Å²) >= 11 is 1.46. The second kappa shape index (κ2) is 4.75. The first-order chi connectivity index (χ1) is 7.69. The van der Waals surface area contributed by atoms with E-state index in [2.05, 4.69) is 18.3 Å². The minimum Gasteiger partial charge on any atom is -0.397 e. The highest BCUT2D eigenvalue weighted by atomic mass is 32.1. The summed E-state index contributed by atoms with van der Waals surface area (Å²) < 4.78 is 0. The third-order valence-corrected chi connectivity index (χ3v) is 4.21. The van der Waals surface area contributed by atoms with Crippen molar-refractivity contribution in [3.63, 3.8) is 0 Å². The number of rotatable bonds is 2. The third-order valence-electron chi connectivity index (χ3n) is 3.22. The Balaban J connectivity index is 1.96. The van der Waals surface area contributed by atoms with Crippen molar-refractivity contribution < 1.29 is 0 Å². The molecule has 2 rings (SSSR count). The van der Waals surface area contributed by atoms with Crippen molar-refractivity contribution in [2.45, 2.75) is 38.6 Å². The molecule has 1 aromatic rings. The molecule has 3 N–H and O–H groups in total. The van der Waals surface area contributed by atoms with E-state index in [0.717, 1.165) is 10.9 Å². The largest absolute Gasteiger partial charge is 0.397 e. The summed E-state index contributed by atoms with van der Waals surface area (Å²) in [5.74, 6) is 0.862. The van der Waals surface area contributed by atoms with Gasteiger partial charge in [-0.3, -0.25) is 0 Å². The molecule has 1 heterocycles. The Morgan fingerprint density at radius 3 is 2.69 bits per heavy atom. The quantitative estimate of drug-likeness (QED) is 0.827. The monoisotopic (exact) mass is 235 g/mol. The van der Waals surface area contributed by atoms with Gasteiger partial charge >= 0.3 is 0 Å². The van der Waals surface area contributed by atoms with Gasteiger partial charge in [0.15, 0.2) is 0 Å². The van der Waals surface area contributed by atoms with Crippen molar-refractivity contribution in [1.29, 1.82) is 5.26 Å². The van der Waals surface area contributed by atoms with Gasteiger partial charge in [0, 0.05) is 6.04 Å². The van der Waals surface area contributed by atoms with Gasteiger partial charge in [-0.1, -0.05) is 6.92 Å². The van der Waals surface area contributed by atoms with E-state index in [0.29, 0.717) is 16.6 Å².